The predicted molar refractivity (Wildman–Crippen MR) is 103 cm³/mol. The van der Waals surface area contributed by atoms with E-state index in [0.29, 0.717) is 23.7 Å². The highest BCUT2D eigenvalue weighted by Gasteiger charge is 2.43. The van der Waals surface area contributed by atoms with E-state index >= 15 is 0 Å². The molecular formula is C22H33FN2O. The van der Waals surface area contributed by atoms with E-state index in [0.717, 1.165) is 57.4 Å². The molecule has 26 heavy (non-hydrogen) atoms. The number of carbonyl (C=O) groups excluding carboxylic acids is 1. The Balaban J connectivity index is 1.35. The van der Waals surface area contributed by atoms with Gasteiger partial charge in [-0.15, -0.1) is 0 Å². The van der Waals surface area contributed by atoms with Crippen LogP contribution in [0.3, 0.4) is 0 Å². The van der Waals surface area contributed by atoms with Crippen LogP contribution in [-0.4, -0.2) is 48.9 Å². The Morgan fingerprint density at radius 3 is 2.77 bits per heavy atom. The lowest BCUT2D eigenvalue weighted by Gasteiger charge is -2.34. The molecule has 1 aliphatic carbocycles. The number of carbonyl (C=O) groups is 1. The summed E-state index contributed by atoms with van der Waals surface area (Å²) < 4.78 is 13.3. The monoisotopic (exact) mass is 360 g/mol. The average Bonchev–Trinajstić information content (AvgIpc) is 3.40. The van der Waals surface area contributed by atoms with Gasteiger partial charge < -0.3 is 9.80 Å². The second-order valence-electron chi connectivity index (χ2n) is 8.27. The summed E-state index contributed by atoms with van der Waals surface area (Å²) in [5, 5.41) is 0. The van der Waals surface area contributed by atoms with Gasteiger partial charge >= 0.3 is 0 Å². The number of nitrogens with zero attached hydrogens (tertiary/aromatic N) is 2. The highest BCUT2D eigenvalue weighted by atomic mass is 19.1. The minimum Gasteiger partial charge on any atom is -0.345 e. The number of hydrogen-bond donors (Lipinski definition) is 0. The van der Waals surface area contributed by atoms with Gasteiger partial charge in [0.25, 0.3) is 0 Å². The molecule has 0 unspecified atom stereocenters. The molecule has 1 saturated heterocycles. The Morgan fingerprint density at radius 1 is 1.31 bits per heavy atom. The van der Waals surface area contributed by atoms with Gasteiger partial charge in [0.1, 0.15) is 5.82 Å². The Bertz CT molecular complexity index is 598. The smallest absolute Gasteiger partial charge is 0.225 e. The molecule has 2 atom stereocenters. The molecule has 0 aromatic heterocycles. The zero-order valence-electron chi connectivity index (χ0n) is 16.3. The number of hydrogen-bond acceptors (Lipinski definition) is 2. The summed E-state index contributed by atoms with van der Waals surface area (Å²) in [6.07, 6.45) is 6.71. The standard InChI is InChI=1S/C22H33FN2O/c1-3-5-19-15-21(19)22(26)24(2)16-18-9-12-25(13-10-18)11-8-17-6-4-7-20(23)14-17/h4,6-7,14,18-19,21H,3,5,8-13,15-16H2,1-2H3/t19-,21+/m0/s1. The van der Waals surface area contributed by atoms with Crippen molar-refractivity contribution in [2.24, 2.45) is 17.8 Å². The number of likely N-dealkylation sites (tertiary alicyclic amines) is 1. The van der Waals surface area contributed by atoms with Crippen LogP contribution < -0.4 is 0 Å². The van der Waals surface area contributed by atoms with Gasteiger partial charge in [0, 0.05) is 26.1 Å². The van der Waals surface area contributed by atoms with Crippen LogP contribution in [0, 0.1) is 23.6 Å². The lowest BCUT2D eigenvalue weighted by Crippen LogP contribution is -2.40. The first kappa shape index (κ1) is 19.3. The van der Waals surface area contributed by atoms with Crippen molar-refractivity contribution in [3.8, 4) is 0 Å². The number of amides is 1. The van der Waals surface area contributed by atoms with E-state index in [2.05, 4.69) is 11.8 Å². The summed E-state index contributed by atoms with van der Waals surface area (Å²) >= 11 is 0. The van der Waals surface area contributed by atoms with Gasteiger partial charge in [-0.1, -0.05) is 25.5 Å². The molecular weight excluding hydrogens is 327 g/mol. The van der Waals surface area contributed by atoms with Crippen LogP contribution in [0.15, 0.2) is 24.3 Å². The second kappa shape index (κ2) is 8.98. The van der Waals surface area contributed by atoms with Crippen molar-refractivity contribution >= 4 is 5.91 Å². The summed E-state index contributed by atoms with van der Waals surface area (Å²) in [5.41, 5.74) is 1.07. The summed E-state index contributed by atoms with van der Waals surface area (Å²) in [6.45, 7) is 6.27. The zero-order valence-corrected chi connectivity index (χ0v) is 16.3. The molecule has 3 nitrogen and oxygen atoms in total. The summed E-state index contributed by atoms with van der Waals surface area (Å²) in [4.78, 5) is 17.0. The van der Waals surface area contributed by atoms with Crippen molar-refractivity contribution in [3.63, 3.8) is 0 Å². The Labute approximate surface area is 157 Å². The Hall–Kier alpha value is -1.42. The van der Waals surface area contributed by atoms with Crippen LogP contribution in [0.1, 0.15) is 44.6 Å². The molecule has 0 N–H and O–H groups in total. The van der Waals surface area contributed by atoms with Gasteiger partial charge in [-0.05, 0) is 74.7 Å². The van der Waals surface area contributed by atoms with Crippen LogP contribution in [0.2, 0.25) is 0 Å². The highest BCUT2D eigenvalue weighted by Crippen LogP contribution is 2.43. The molecule has 2 fully saturated rings. The molecule has 0 spiro atoms. The molecule has 1 heterocycles. The van der Waals surface area contributed by atoms with Gasteiger partial charge in [-0.3, -0.25) is 4.79 Å². The average molecular weight is 361 g/mol. The molecule has 2 aliphatic rings. The fourth-order valence-electron chi connectivity index (χ4n) is 4.37. The summed E-state index contributed by atoms with van der Waals surface area (Å²) in [6, 6.07) is 6.92. The maximum Gasteiger partial charge on any atom is 0.225 e. The normalized spacial score (nSPS) is 23.8. The Kier molecular flexibility index (Phi) is 6.68. The second-order valence-corrected chi connectivity index (χ2v) is 8.27. The van der Waals surface area contributed by atoms with Crippen molar-refractivity contribution in [2.45, 2.75) is 45.4 Å². The van der Waals surface area contributed by atoms with Crippen LogP contribution in [0.25, 0.3) is 0 Å². The topological polar surface area (TPSA) is 23.6 Å². The van der Waals surface area contributed by atoms with Gasteiger partial charge in [0.2, 0.25) is 5.91 Å². The predicted octanol–water partition coefficient (Wildman–Crippen LogP) is 3.97. The van der Waals surface area contributed by atoms with E-state index in [1.807, 2.05) is 18.0 Å². The fraction of sp³-hybridized carbons (Fsp3) is 0.682. The Morgan fingerprint density at radius 2 is 2.08 bits per heavy atom. The molecule has 0 radical (unpaired) electrons. The van der Waals surface area contributed by atoms with Gasteiger partial charge in [0.05, 0.1) is 0 Å². The summed E-state index contributed by atoms with van der Waals surface area (Å²) in [5.74, 6) is 1.81. The molecule has 0 bridgehead atoms. The van der Waals surface area contributed by atoms with Crippen molar-refractivity contribution in [3.05, 3.63) is 35.6 Å². The minimum atomic E-state index is -0.147. The SMILES string of the molecule is CCC[C@H]1C[C@H]1C(=O)N(C)CC1CCN(CCc2cccc(F)c2)CC1. The third kappa shape index (κ3) is 5.29. The fourth-order valence-corrected chi connectivity index (χ4v) is 4.37. The van der Waals surface area contributed by atoms with Crippen LogP contribution >= 0.6 is 0 Å². The number of halogens is 1. The molecule has 1 aliphatic heterocycles. The van der Waals surface area contributed by atoms with Crippen molar-refractivity contribution in [1.82, 2.24) is 9.80 Å². The molecule has 4 heteroatoms. The van der Waals surface area contributed by atoms with Crippen LogP contribution in [0.5, 0.6) is 0 Å². The van der Waals surface area contributed by atoms with Gasteiger partial charge in [0.15, 0.2) is 0 Å². The molecule has 1 amide bonds. The van der Waals surface area contributed by atoms with E-state index in [9.17, 15) is 9.18 Å². The number of benzene rings is 1. The summed E-state index contributed by atoms with van der Waals surface area (Å²) in [7, 11) is 1.99. The maximum absolute atomic E-state index is 13.3. The van der Waals surface area contributed by atoms with E-state index in [1.165, 1.54) is 18.9 Å². The van der Waals surface area contributed by atoms with E-state index in [-0.39, 0.29) is 5.82 Å². The van der Waals surface area contributed by atoms with Crippen LogP contribution in [-0.2, 0) is 11.2 Å². The minimum absolute atomic E-state index is 0.147. The van der Waals surface area contributed by atoms with E-state index in [1.54, 1.807) is 12.1 Å². The molecule has 3 rings (SSSR count). The van der Waals surface area contributed by atoms with Gasteiger partial charge in [-0.25, -0.2) is 4.39 Å². The van der Waals surface area contributed by atoms with Crippen molar-refractivity contribution in [2.75, 3.05) is 33.2 Å². The lowest BCUT2D eigenvalue weighted by atomic mass is 9.95. The van der Waals surface area contributed by atoms with Crippen LogP contribution in [0.4, 0.5) is 4.39 Å². The highest BCUT2D eigenvalue weighted by molar-refractivity contribution is 5.81. The third-order valence-corrected chi connectivity index (χ3v) is 6.12. The largest absolute Gasteiger partial charge is 0.345 e. The number of rotatable bonds is 8. The van der Waals surface area contributed by atoms with Gasteiger partial charge in [-0.2, -0.15) is 0 Å². The maximum atomic E-state index is 13.3. The van der Waals surface area contributed by atoms with E-state index in [4.69, 9.17) is 0 Å². The molecule has 1 saturated carbocycles. The first-order valence-electron chi connectivity index (χ1n) is 10.3. The quantitative estimate of drug-likeness (QED) is 0.700. The zero-order chi connectivity index (χ0) is 18.5. The lowest BCUT2D eigenvalue weighted by molar-refractivity contribution is -0.132. The van der Waals surface area contributed by atoms with E-state index < -0.39 is 0 Å². The first-order valence-corrected chi connectivity index (χ1v) is 10.3. The first-order chi connectivity index (χ1) is 12.6. The van der Waals surface area contributed by atoms with Crippen molar-refractivity contribution < 1.29 is 9.18 Å². The molecule has 144 valence electrons. The molecule has 1 aromatic carbocycles. The third-order valence-electron chi connectivity index (χ3n) is 6.12. The number of piperidine rings is 1. The van der Waals surface area contributed by atoms with Crippen molar-refractivity contribution in [1.29, 1.82) is 0 Å². The molecule has 1 aromatic rings.